The first-order chi connectivity index (χ1) is 9.95. The molecule has 0 radical (unpaired) electrons. The highest BCUT2D eigenvalue weighted by Gasteiger charge is 2.31. The first kappa shape index (κ1) is 18.9. The summed E-state index contributed by atoms with van der Waals surface area (Å²) in [6.07, 6.45) is 2.80. The standard InChI is InChI=1S/C12H20N4O4S.ClH/c1-3-20-12(17)9-7-14-15-11(9)21(18,19)16-10-5-4-6-13-8(10)2;/h7-8,10,13,16H,3-6H2,1-2H3,(H,14,15);1H. The van der Waals surface area contributed by atoms with Crippen molar-refractivity contribution in [3.8, 4) is 0 Å². The van der Waals surface area contributed by atoms with Crippen LogP contribution in [0, 0.1) is 0 Å². The molecule has 10 heteroatoms. The number of rotatable bonds is 5. The van der Waals surface area contributed by atoms with Crippen molar-refractivity contribution in [1.82, 2.24) is 20.2 Å². The van der Waals surface area contributed by atoms with E-state index in [9.17, 15) is 13.2 Å². The van der Waals surface area contributed by atoms with Gasteiger partial charge in [0.05, 0.1) is 12.8 Å². The molecule has 0 aromatic carbocycles. The van der Waals surface area contributed by atoms with Gasteiger partial charge in [0, 0.05) is 12.1 Å². The monoisotopic (exact) mass is 352 g/mol. The van der Waals surface area contributed by atoms with Crippen LogP contribution in [-0.2, 0) is 14.8 Å². The molecule has 1 aliphatic heterocycles. The molecule has 1 aromatic heterocycles. The molecule has 1 saturated heterocycles. The number of carbonyl (C=O) groups is 1. The molecule has 1 fully saturated rings. The number of hydrogen-bond donors (Lipinski definition) is 3. The predicted octanol–water partition coefficient (Wildman–Crippen LogP) is 0.427. The van der Waals surface area contributed by atoms with E-state index in [1.807, 2.05) is 6.92 Å². The van der Waals surface area contributed by atoms with E-state index < -0.39 is 16.0 Å². The maximum atomic E-state index is 12.4. The SMILES string of the molecule is CCOC(=O)c1cn[nH]c1S(=O)(=O)NC1CCCNC1C.Cl. The van der Waals surface area contributed by atoms with E-state index in [4.69, 9.17) is 4.74 Å². The lowest BCUT2D eigenvalue weighted by atomic mass is 10.0. The first-order valence-electron chi connectivity index (χ1n) is 6.92. The van der Waals surface area contributed by atoms with Crippen LogP contribution in [0.3, 0.4) is 0 Å². The van der Waals surface area contributed by atoms with Crippen LogP contribution in [0.15, 0.2) is 11.2 Å². The summed E-state index contributed by atoms with van der Waals surface area (Å²) in [5.74, 6) is -0.707. The van der Waals surface area contributed by atoms with Gasteiger partial charge in [-0.15, -0.1) is 12.4 Å². The highest BCUT2D eigenvalue weighted by Crippen LogP contribution is 2.16. The lowest BCUT2D eigenvalue weighted by Gasteiger charge is -2.30. The van der Waals surface area contributed by atoms with E-state index in [-0.39, 0.29) is 41.7 Å². The number of esters is 1. The third kappa shape index (κ3) is 4.19. The number of hydrogen-bond acceptors (Lipinski definition) is 6. The number of H-pyrrole nitrogens is 1. The number of aromatic nitrogens is 2. The average Bonchev–Trinajstić information content (AvgIpc) is 2.92. The Morgan fingerprint density at radius 3 is 2.91 bits per heavy atom. The van der Waals surface area contributed by atoms with Gasteiger partial charge in [-0.25, -0.2) is 17.9 Å². The zero-order chi connectivity index (χ0) is 15.5. The van der Waals surface area contributed by atoms with E-state index in [0.29, 0.717) is 0 Å². The maximum Gasteiger partial charge on any atom is 0.342 e. The van der Waals surface area contributed by atoms with Crippen molar-refractivity contribution in [1.29, 1.82) is 0 Å². The van der Waals surface area contributed by atoms with Gasteiger partial charge in [-0.2, -0.15) is 5.10 Å². The first-order valence-corrected chi connectivity index (χ1v) is 8.40. The number of nitrogens with one attached hydrogen (secondary N) is 3. The molecule has 2 unspecified atom stereocenters. The summed E-state index contributed by atoms with van der Waals surface area (Å²) in [5.41, 5.74) is -0.0826. The highest BCUT2D eigenvalue weighted by molar-refractivity contribution is 7.89. The smallest absolute Gasteiger partial charge is 0.342 e. The molecule has 22 heavy (non-hydrogen) atoms. The van der Waals surface area contributed by atoms with Crippen LogP contribution >= 0.6 is 12.4 Å². The van der Waals surface area contributed by atoms with Crippen LogP contribution in [0.5, 0.6) is 0 Å². The maximum absolute atomic E-state index is 12.4. The average molecular weight is 353 g/mol. The molecule has 0 aliphatic carbocycles. The van der Waals surface area contributed by atoms with Gasteiger partial charge in [-0.3, -0.25) is 5.10 Å². The van der Waals surface area contributed by atoms with Crippen molar-refractivity contribution in [3.05, 3.63) is 11.8 Å². The second-order valence-electron chi connectivity index (χ2n) is 4.95. The topological polar surface area (TPSA) is 113 Å². The number of halogens is 1. The molecule has 2 heterocycles. The van der Waals surface area contributed by atoms with Crippen LogP contribution in [0.25, 0.3) is 0 Å². The number of ether oxygens (including phenoxy) is 1. The molecule has 3 N–H and O–H groups in total. The fourth-order valence-electron chi connectivity index (χ4n) is 2.30. The van der Waals surface area contributed by atoms with Gasteiger partial charge in [0.1, 0.15) is 5.56 Å². The third-order valence-corrected chi connectivity index (χ3v) is 4.90. The Morgan fingerprint density at radius 2 is 2.27 bits per heavy atom. The number of aromatic amines is 1. The number of sulfonamides is 1. The fraction of sp³-hybridized carbons (Fsp3) is 0.667. The molecule has 0 saturated carbocycles. The summed E-state index contributed by atoms with van der Waals surface area (Å²) >= 11 is 0. The molecule has 8 nitrogen and oxygen atoms in total. The Labute approximate surface area is 135 Å². The van der Waals surface area contributed by atoms with Crippen molar-refractivity contribution in [2.75, 3.05) is 13.2 Å². The van der Waals surface area contributed by atoms with Gasteiger partial charge in [0.2, 0.25) is 0 Å². The van der Waals surface area contributed by atoms with Gasteiger partial charge >= 0.3 is 5.97 Å². The molecule has 2 rings (SSSR count). The fourth-order valence-corrected chi connectivity index (χ4v) is 3.73. The lowest BCUT2D eigenvalue weighted by molar-refractivity contribution is 0.0522. The molecule has 0 amide bonds. The van der Waals surface area contributed by atoms with E-state index in [2.05, 4.69) is 20.2 Å². The minimum Gasteiger partial charge on any atom is -0.462 e. The predicted molar refractivity (Wildman–Crippen MR) is 82.6 cm³/mol. The molecule has 0 bridgehead atoms. The number of piperidine rings is 1. The molecular weight excluding hydrogens is 332 g/mol. The Bertz CT molecular complexity index is 604. The molecular formula is C12H21ClN4O4S. The zero-order valence-electron chi connectivity index (χ0n) is 12.5. The van der Waals surface area contributed by atoms with Gasteiger partial charge < -0.3 is 10.1 Å². The number of carbonyl (C=O) groups excluding carboxylic acids is 1. The van der Waals surface area contributed by atoms with E-state index in [1.54, 1.807) is 6.92 Å². The van der Waals surface area contributed by atoms with E-state index in [0.717, 1.165) is 25.6 Å². The second-order valence-corrected chi connectivity index (χ2v) is 6.60. The van der Waals surface area contributed by atoms with Crippen molar-refractivity contribution < 1.29 is 17.9 Å². The van der Waals surface area contributed by atoms with Crippen LogP contribution in [0.4, 0.5) is 0 Å². The van der Waals surface area contributed by atoms with E-state index in [1.165, 1.54) is 0 Å². The minimum absolute atomic E-state index is 0. The summed E-state index contributed by atoms with van der Waals surface area (Å²) in [5, 5.41) is 8.97. The van der Waals surface area contributed by atoms with Crippen molar-refractivity contribution in [2.24, 2.45) is 0 Å². The summed E-state index contributed by atoms with van der Waals surface area (Å²) in [7, 11) is -3.85. The Balaban J connectivity index is 0.00000242. The Morgan fingerprint density at radius 1 is 1.55 bits per heavy atom. The third-order valence-electron chi connectivity index (χ3n) is 3.44. The Kier molecular flexibility index (Phi) is 6.79. The van der Waals surface area contributed by atoms with Crippen LogP contribution in [-0.4, -0.2) is 49.8 Å². The van der Waals surface area contributed by atoms with Gasteiger partial charge in [-0.05, 0) is 33.2 Å². The van der Waals surface area contributed by atoms with Crippen LogP contribution in [0.1, 0.15) is 37.0 Å². The van der Waals surface area contributed by atoms with Crippen molar-refractivity contribution >= 4 is 28.4 Å². The van der Waals surface area contributed by atoms with Crippen LogP contribution in [0.2, 0.25) is 0 Å². The summed E-state index contributed by atoms with van der Waals surface area (Å²) in [6, 6.07) is -0.190. The summed E-state index contributed by atoms with van der Waals surface area (Å²) in [4.78, 5) is 11.7. The van der Waals surface area contributed by atoms with Crippen molar-refractivity contribution in [2.45, 2.75) is 43.8 Å². The van der Waals surface area contributed by atoms with E-state index >= 15 is 0 Å². The van der Waals surface area contributed by atoms with Gasteiger partial charge in [0.15, 0.2) is 5.03 Å². The van der Waals surface area contributed by atoms with Gasteiger partial charge in [0.25, 0.3) is 10.0 Å². The van der Waals surface area contributed by atoms with Gasteiger partial charge in [-0.1, -0.05) is 0 Å². The van der Waals surface area contributed by atoms with Crippen molar-refractivity contribution in [3.63, 3.8) is 0 Å². The molecule has 0 spiro atoms. The minimum atomic E-state index is -3.85. The van der Waals surface area contributed by atoms with Crippen LogP contribution < -0.4 is 10.0 Å². The summed E-state index contributed by atoms with van der Waals surface area (Å²) < 4.78 is 32.3. The molecule has 126 valence electrons. The highest BCUT2D eigenvalue weighted by atomic mass is 35.5. The quantitative estimate of drug-likeness (QED) is 0.662. The largest absolute Gasteiger partial charge is 0.462 e. The second kappa shape index (κ2) is 7.91. The summed E-state index contributed by atoms with van der Waals surface area (Å²) in [6.45, 7) is 4.61. The molecule has 2 atom stereocenters. The zero-order valence-corrected chi connectivity index (χ0v) is 14.1. The normalized spacial score (nSPS) is 21.9. The number of nitrogens with zero attached hydrogens (tertiary/aromatic N) is 1. The Hall–Kier alpha value is -1.16. The molecule has 1 aliphatic rings. The molecule has 1 aromatic rings. The lowest BCUT2D eigenvalue weighted by Crippen LogP contribution is -2.52.